The van der Waals surface area contributed by atoms with Crippen molar-refractivity contribution in [1.82, 2.24) is 4.90 Å². The summed E-state index contributed by atoms with van der Waals surface area (Å²) in [4.78, 5) is 24.4. The molecule has 2 atom stereocenters. The average molecular weight is 229 g/mol. The van der Waals surface area contributed by atoms with Crippen LogP contribution in [0.4, 0.5) is 0 Å². The molecule has 0 aromatic rings. The van der Waals surface area contributed by atoms with Crippen LogP contribution in [0.3, 0.4) is 0 Å². The molecule has 0 spiro atoms. The lowest BCUT2D eigenvalue weighted by atomic mass is 10.1. The molecular formula is C11H19NO4. The van der Waals surface area contributed by atoms with Crippen LogP contribution in [0.15, 0.2) is 0 Å². The van der Waals surface area contributed by atoms with Crippen LogP contribution in [0.5, 0.6) is 0 Å². The van der Waals surface area contributed by atoms with Crippen LogP contribution in [-0.2, 0) is 14.3 Å². The minimum Gasteiger partial charge on any atom is -0.479 e. The summed E-state index contributed by atoms with van der Waals surface area (Å²) in [6, 6.07) is 0.116. The number of carbonyl (C=O) groups is 2. The summed E-state index contributed by atoms with van der Waals surface area (Å²) in [5.41, 5.74) is 0. The lowest BCUT2D eigenvalue weighted by Gasteiger charge is -2.27. The first-order chi connectivity index (χ1) is 7.47. The molecule has 1 amide bonds. The van der Waals surface area contributed by atoms with Crippen LogP contribution in [0.1, 0.15) is 33.6 Å². The van der Waals surface area contributed by atoms with Gasteiger partial charge in [0, 0.05) is 12.6 Å². The summed E-state index contributed by atoms with van der Waals surface area (Å²) in [5.74, 6) is -1.08. The largest absolute Gasteiger partial charge is 0.479 e. The topological polar surface area (TPSA) is 66.8 Å². The number of hydrogen-bond acceptors (Lipinski definition) is 3. The molecule has 2 unspecified atom stereocenters. The van der Waals surface area contributed by atoms with Crippen molar-refractivity contribution in [2.24, 2.45) is 0 Å². The Morgan fingerprint density at radius 2 is 1.94 bits per heavy atom. The van der Waals surface area contributed by atoms with Gasteiger partial charge >= 0.3 is 5.97 Å². The SMILES string of the molecule is CCN(C(=O)C1CCC(C(=O)O)O1)C(C)C. The molecule has 1 saturated heterocycles. The highest BCUT2D eigenvalue weighted by Crippen LogP contribution is 2.22. The molecule has 0 saturated carbocycles. The van der Waals surface area contributed by atoms with E-state index in [9.17, 15) is 9.59 Å². The number of amides is 1. The molecule has 1 heterocycles. The van der Waals surface area contributed by atoms with Gasteiger partial charge in [0.2, 0.25) is 0 Å². The van der Waals surface area contributed by atoms with E-state index < -0.39 is 18.2 Å². The zero-order valence-electron chi connectivity index (χ0n) is 9.97. The van der Waals surface area contributed by atoms with Crippen LogP contribution < -0.4 is 0 Å². The smallest absolute Gasteiger partial charge is 0.332 e. The number of carbonyl (C=O) groups excluding carboxylic acids is 1. The maximum atomic E-state index is 12.0. The van der Waals surface area contributed by atoms with E-state index in [1.54, 1.807) is 4.90 Å². The van der Waals surface area contributed by atoms with Gasteiger partial charge in [-0.3, -0.25) is 4.79 Å². The van der Waals surface area contributed by atoms with E-state index >= 15 is 0 Å². The normalized spacial score (nSPS) is 24.8. The van der Waals surface area contributed by atoms with Gasteiger partial charge in [0.1, 0.15) is 6.10 Å². The lowest BCUT2D eigenvalue weighted by molar-refractivity contribution is -0.155. The number of nitrogens with zero attached hydrogens (tertiary/aromatic N) is 1. The summed E-state index contributed by atoms with van der Waals surface area (Å²) < 4.78 is 5.23. The predicted molar refractivity (Wildman–Crippen MR) is 58.1 cm³/mol. The molecule has 0 bridgehead atoms. The fourth-order valence-corrected chi connectivity index (χ4v) is 1.96. The van der Waals surface area contributed by atoms with Crippen LogP contribution in [0.25, 0.3) is 0 Å². The van der Waals surface area contributed by atoms with Gasteiger partial charge in [-0.25, -0.2) is 4.79 Å². The Bertz CT molecular complexity index is 277. The van der Waals surface area contributed by atoms with E-state index in [-0.39, 0.29) is 11.9 Å². The molecule has 0 aromatic carbocycles. The van der Waals surface area contributed by atoms with Crippen molar-refractivity contribution in [2.45, 2.75) is 51.9 Å². The molecule has 92 valence electrons. The van der Waals surface area contributed by atoms with Crippen LogP contribution in [0, 0.1) is 0 Å². The van der Waals surface area contributed by atoms with Gasteiger partial charge in [-0.1, -0.05) is 0 Å². The van der Waals surface area contributed by atoms with Gasteiger partial charge in [0.05, 0.1) is 0 Å². The Balaban J connectivity index is 2.59. The zero-order chi connectivity index (χ0) is 12.3. The van der Waals surface area contributed by atoms with Crippen LogP contribution in [-0.4, -0.2) is 46.7 Å². The molecular weight excluding hydrogens is 210 g/mol. The molecule has 0 aromatic heterocycles. The van der Waals surface area contributed by atoms with Crippen molar-refractivity contribution in [3.05, 3.63) is 0 Å². The number of ether oxygens (including phenoxy) is 1. The quantitative estimate of drug-likeness (QED) is 0.777. The third kappa shape index (κ3) is 2.72. The second-order valence-corrected chi connectivity index (χ2v) is 4.25. The van der Waals surface area contributed by atoms with Crippen molar-refractivity contribution in [3.8, 4) is 0 Å². The molecule has 1 fully saturated rings. The van der Waals surface area contributed by atoms with Gasteiger partial charge in [0.15, 0.2) is 6.10 Å². The summed E-state index contributed by atoms with van der Waals surface area (Å²) in [6.45, 7) is 6.39. The van der Waals surface area contributed by atoms with Gasteiger partial charge in [-0.15, -0.1) is 0 Å². The standard InChI is InChI=1S/C11H19NO4/c1-4-12(7(2)3)10(13)8-5-6-9(16-8)11(14)15/h7-9H,4-6H2,1-3H3,(H,14,15). The van der Waals surface area contributed by atoms with E-state index in [1.807, 2.05) is 20.8 Å². The molecule has 1 aliphatic rings. The van der Waals surface area contributed by atoms with E-state index in [4.69, 9.17) is 9.84 Å². The second-order valence-electron chi connectivity index (χ2n) is 4.25. The minimum absolute atomic E-state index is 0.0961. The minimum atomic E-state index is -0.983. The first-order valence-corrected chi connectivity index (χ1v) is 5.66. The van der Waals surface area contributed by atoms with Crippen molar-refractivity contribution >= 4 is 11.9 Å². The summed E-state index contributed by atoms with van der Waals surface area (Å²) in [7, 11) is 0. The third-order valence-electron chi connectivity index (χ3n) is 2.82. The summed E-state index contributed by atoms with van der Waals surface area (Å²) >= 11 is 0. The Kier molecular flexibility index (Phi) is 4.29. The lowest BCUT2D eigenvalue weighted by Crippen LogP contribution is -2.43. The van der Waals surface area contributed by atoms with Gasteiger partial charge < -0.3 is 14.7 Å². The first kappa shape index (κ1) is 13.0. The number of hydrogen-bond donors (Lipinski definition) is 1. The molecule has 1 N–H and O–H groups in total. The summed E-state index contributed by atoms with van der Waals surface area (Å²) in [6.07, 6.45) is -0.483. The number of carboxylic acid groups (broad SMARTS) is 1. The van der Waals surface area contributed by atoms with Crippen LogP contribution >= 0.6 is 0 Å². The van der Waals surface area contributed by atoms with E-state index in [2.05, 4.69) is 0 Å². The highest BCUT2D eigenvalue weighted by atomic mass is 16.5. The van der Waals surface area contributed by atoms with E-state index in [1.165, 1.54) is 0 Å². The van der Waals surface area contributed by atoms with Gasteiger partial charge in [-0.05, 0) is 33.6 Å². The Labute approximate surface area is 95.4 Å². The molecule has 5 heteroatoms. The maximum absolute atomic E-state index is 12.0. The Hall–Kier alpha value is -1.10. The Morgan fingerprint density at radius 3 is 2.31 bits per heavy atom. The second kappa shape index (κ2) is 5.30. The van der Waals surface area contributed by atoms with Gasteiger partial charge in [-0.2, -0.15) is 0 Å². The fraction of sp³-hybridized carbons (Fsp3) is 0.818. The average Bonchev–Trinajstić information content (AvgIpc) is 2.66. The third-order valence-corrected chi connectivity index (χ3v) is 2.82. The van der Waals surface area contributed by atoms with Crippen LogP contribution in [0.2, 0.25) is 0 Å². The molecule has 1 rings (SSSR count). The molecule has 0 radical (unpaired) electrons. The first-order valence-electron chi connectivity index (χ1n) is 5.66. The van der Waals surface area contributed by atoms with E-state index in [0.29, 0.717) is 19.4 Å². The van der Waals surface area contributed by atoms with Gasteiger partial charge in [0.25, 0.3) is 5.91 Å². The molecule has 5 nitrogen and oxygen atoms in total. The van der Waals surface area contributed by atoms with Crippen molar-refractivity contribution in [1.29, 1.82) is 0 Å². The Morgan fingerprint density at radius 1 is 1.38 bits per heavy atom. The number of rotatable bonds is 4. The highest BCUT2D eigenvalue weighted by Gasteiger charge is 2.36. The summed E-state index contributed by atoms with van der Waals surface area (Å²) in [5, 5.41) is 8.77. The number of carboxylic acids is 1. The van der Waals surface area contributed by atoms with Crippen molar-refractivity contribution < 1.29 is 19.4 Å². The molecule has 16 heavy (non-hydrogen) atoms. The van der Waals surface area contributed by atoms with E-state index in [0.717, 1.165) is 0 Å². The predicted octanol–water partition coefficient (Wildman–Crippen LogP) is 0.875. The molecule has 0 aliphatic carbocycles. The number of aliphatic carboxylic acids is 1. The number of likely N-dealkylation sites (N-methyl/N-ethyl adjacent to an activating group) is 1. The monoisotopic (exact) mass is 229 g/mol. The fourth-order valence-electron chi connectivity index (χ4n) is 1.96. The molecule has 1 aliphatic heterocycles. The zero-order valence-corrected chi connectivity index (χ0v) is 9.97. The van der Waals surface area contributed by atoms with Crippen molar-refractivity contribution in [3.63, 3.8) is 0 Å². The maximum Gasteiger partial charge on any atom is 0.332 e. The highest BCUT2D eigenvalue weighted by molar-refractivity contribution is 5.83. The van der Waals surface area contributed by atoms with Crippen molar-refractivity contribution in [2.75, 3.05) is 6.54 Å².